The average Bonchev–Trinajstić information content (AvgIpc) is 2.17. The van der Waals surface area contributed by atoms with Crippen molar-refractivity contribution in [1.29, 1.82) is 0 Å². The number of hydrogen-bond acceptors (Lipinski definition) is 4. The molecule has 1 N–H and O–H groups in total. The van der Waals surface area contributed by atoms with Crippen molar-refractivity contribution in [2.75, 3.05) is 13.6 Å². The lowest BCUT2D eigenvalue weighted by Crippen LogP contribution is -2.33. The van der Waals surface area contributed by atoms with Crippen LogP contribution in [-0.4, -0.2) is 45.6 Å². The first kappa shape index (κ1) is 11.6. The summed E-state index contributed by atoms with van der Waals surface area (Å²) in [5.41, 5.74) is 1.06. The van der Waals surface area contributed by atoms with Gasteiger partial charge in [0.2, 0.25) is 0 Å². The molecule has 5 nitrogen and oxygen atoms in total. The number of aliphatic hydroxyl groups excluding tert-OH is 1. The van der Waals surface area contributed by atoms with Crippen molar-refractivity contribution in [3.63, 3.8) is 0 Å². The van der Waals surface area contributed by atoms with Crippen molar-refractivity contribution in [3.8, 4) is 0 Å². The molecule has 0 bridgehead atoms. The van der Waals surface area contributed by atoms with E-state index in [4.69, 9.17) is 5.11 Å². The van der Waals surface area contributed by atoms with E-state index in [1.807, 2.05) is 0 Å². The molecule has 0 spiro atoms. The van der Waals surface area contributed by atoms with Crippen LogP contribution in [0.3, 0.4) is 0 Å². The van der Waals surface area contributed by atoms with Crippen molar-refractivity contribution >= 4 is 5.91 Å². The van der Waals surface area contributed by atoms with Crippen molar-refractivity contribution in [3.05, 3.63) is 23.8 Å². The molecule has 1 unspecified atom stereocenters. The predicted octanol–water partition coefficient (Wildman–Crippen LogP) is 0.238. The third-order valence-electron chi connectivity index (χ3n) is 1.88. The summed E-state index contributed by atoms with van der Waals surface area (Å²) in [7, 11) is 1.62. The van der Waals surface area contributed by atoms with Gasteiger partial charge in [-0.3, -0.25) is 9.78 Å². The smallest absolute Gasteiger partial charge is 0.273 e. The lowest BCUT2D eigenvalue weighted by Gasteiger charge is -2.17. The molecule has 0 fully saturated rings. The molecule has 0 saturated carbocycles. The Morgan fingerprint density at radius 1 is 1.53 bits per heavy atom. The molecule has 0 aliphatic carbocycles. The molecular weight excluding hydrogens is 194 g/mol. The van der Waals surface area contributed by atoms with Gasteiger partial charge in [0.15, 0.2) is 0 Å². The zero-order valence-corrected chi connectivity index (χ0v) is 9.14. The molecule has 5 heteroatoms. The maximum atomic E-state index is 11.7. The Morgan fingerprint density at radius 3 is 2.67 bits per heavy atom. The van der Waals surface area contributed by atoms with Crippen molar-refractivity contribution in [2.24, 2.45) is 0 Å². The molecule has 82 valence electrons. The number of carbonyl (C=O) groups excluding carboxylic acids is 1. The van der Waals surface area contributed by atoms with Gasteiger partial charge in [-0.2, -0.15) is 0 Å². The van der Waals surface area contributed by atoms with E-state index in [9.17, 15) is 4.79 Å². The van der Waals surface area contributed by atoms with Crippen molar-refractivity contribution in [2.45, 2.75) is 20.0 Å². The van der Waals surface area contributed by atoms with Gasteiger partial charge in [0.25, 0.3) is 5.91 Å². The minimum Gasteiger partial charge on any atom is -0.392 e. The van der Waals surface area contributed by atoms with Gasteiger partial charge < -0.3 is 10.0 Å². The summed E-state index contributed by atoms with van der Waals surface area (Å²) in [5, 5.41) is 9.13. The second kappa shape index (κ2) is 4.84. The van der Waals surface area contributed by atoms with Gasteiger partial charge in [0.05, 0.1) is 18.0 Å². The van der Waals surface area contributed by atoms with Gasteiger partial charge in [-0.25, -0.2) is 4.98 Å². The van der Waals surface area contributed by atoms with Gasteiger partial charge >= 0.3 is 0 Å². The molecule has 0 aromatic carbocycles. The molecule has 0 radical (unpaired) electrons. The van der Waals surface area contributed by atoms with Gasteiger partial charge in [-0.05, 0) is 13.8 Å². The summed E-state index contributed by atoms with van der Waals surface area (Å²) in [6.07, 6.45) is 2.44. The molecule has 1 heterocycles. The van der Waals surface area contributed by atoms with Crippen LogP contribution in [0, 0.1) is 6.92 Å². The predicted molar refractivity (Wildman–Crippen MR) is 55.4 cm³/mol. The van der Waals surface area contributed by atoms with E-state index < -0.39 is 6.10 Å². The molecule has 1 rings (SSSR count). The van der Waals surface area contributed by atoms with Crippen LogP contribution in [0.1, 0.15) is 23.1 Å². The van der Waals surface area contributed by atoms with Crippen molar-refractivity contribution < 1.29 is 9.90 Å². The van der Waals surface area contributed by atoms with E-state index in [-0.39, 0.29) is 12.5 Å². The summed E-state index contributed by atoms with van der Waals surface area (Å²) < 4.78 is 0. The van der Waals surface area contributed by atoms with Gasteiger partial charge in [0.1, 0.15) is 5.69 Å². The van der Waals surface area contributed by atoms with E-state index in [0.717, 1.165) is 5.69 Å². The number of amides is 1. The number of nitrogens with zero attached hydrogens (tertiary/aromatic N) is 3. The zero-order chi connectivity index (χ0) is 11.4. The number of likely N-dealkylation sites (N-methyl/N-ethyl adjacent to an activating group) is 1. The zero-order valence-electron chi connectivity index (χ0n) is 9.14. The summed E-state index contributed by atoms with van der Waals surface area (Å²) in [6, 6.07) is 0. The Kier molecular flexibility index (Phi) is 3.74. The second-order valence-corrected chi connectivity index (χ2v) is 3.58. The minimum atomic E-state index is -0.544. The fourth-order valence-corrected chi connectivity index (χ4v) is 1.18. The van der Waals surface area contributed by atoms with E-state index >= 15 is 0 Å². The summed E-state index contributed by atoms with van der Waals surface area (Å²) >= 11 is 0. The standard InChI is InChI=1S/C10H15N3O2/c1-7-4-12-9(5-11-7)10(15)13(3)6-8(2)14/h4-5,8,14H,6H2,1-3H3. The fraction of sp³-hybridized carbons (Fsp3) is 0.500. The molecule has 0 aliphatic rings. The third kappa shape index (κ3) is 3.28. The molecular formula is C10H15N3O2. The molecule has 0 saturated heterocycles. The lowest BCUT2D eigenvalue weighted by molar-refractivity contribution is 0.0697. The molecule has 0 aliphatic heterocycles. The Bertz CT molecular complexity index is 335. The quantitative estimate of drug-likeness (QED) is 0.774. The van der Waals surface area contributed by atoms with E-state index in [2.05, 4.69) is 9.97 Å². The summed E-state index contributed by atoms with van der Waals surface area (Å²) in [6.45, 7) is 3.72. The number of aliphatic hydroxyl groups is 1. The highest BCUT2D eigenvalue weighted by Gasteiger charge is 2.14. The molecule has 1 aromatic heterocycles. The topological polar surface area (TPSA) is 66.3 Å². The number of aryl methyl sites for hydroxylation is 1. The number of aromatic nitrogens is 2. The highest BCUT2D eigenvalue weighted by molar-refractivity contribution is 5.91. The maximum Gasteiger partial charge on any atom is 0.273 e. The monoisotopic (exact) mass is 209 g/mol. The number of hydrogen-bond donors (Lipinski definition) is 1. The van der Waals surface area contributed by atoms with E-state index in [1.165, 1.54) is 11.1 Å². The average molecular weight is 209 g/mol. The first-order valence-corrected chi connectivity index (χ1v) is 4.73. The lowest BCUT2D eigenvalue weighted by atomic mass is 10.3. The summed E-state index contributed by atoms with van der Waals surface area (Å²) in [5.74, 6) is -0.233. The number of rotatable bonds is 3. The molecule has 1 atom stereocenters. The van der Waals surface area contributed by atoms with Crippen LogP contribution >= 0.6 is 0 Å². The van der Waals surface area contributed by atoms with Gasteiger partial charge in [0, 0.05) is 19.8 Å². The van der Waals surface area contributed by atoms with Crippen LogP contribution in [-0.2, 0) is 0 Å². The minimum absolute atomic E-state index is 0.233. The molecule has 1 amide bonds. The van der Waals surface area contributed by atoms with Crippen LogP contribution in [0.2, 0.25) is 0 Å². The molecule has 1 aromatic rings. The Hall–Kier alpha value is -1.49. The van der Waals surface area contributed by atoms with E-state index in [0.29, 0.717) is 5.69 Å². The Morgan fingerprint density at radius 2 is 2.20 bits per heavy atom. The summed E-state index contributed by atoms with van der Waals surface area (Å²) in [4.78, 5) is 21.1. The molecule has 15 heavy (non-hydrogen) atoms. The second-order valence-electron chi connectivity index (χ2n) is 3.58. The maximum absolute atomic E-state index is 11.7. The fourth-order valence-electron chi connectivity index (χ4n) is 1.18. The van der Waals surface area contributed by atoms with E-state index in [1.54, 1.807) is 27.1 Å². The third-order valence-corrected chi connectivity index (χ3v) is 1.88. The highest BCUT2D eigenvalue weighted by Crippen LogP contribution is 2.00. The van der Waals surface area contributed by atoms with Gasteiger partial charge in [-0.1, -0.05) is 0 Å². The van der Waals surface area contributed by atoms with Crippen LogP contribution in [0.25, 0.3) is 0 Å². The van der Waals surface area contributed by atoms with Crippen molar-refractivity contribution in [1.82, 2.24) is 14.9 Å². The normalized spacial score (nSPS) is 12.3. The van der Waals surface area contributed by atoms with Crippen LogP contribution in [0.5, 0.6) is 0 Å². The first-order chi connectivity index (χ1) is 7.00. The van der Waals surface area contributed by atoms with Crippen LogP contribution < -0.4 is 0 Å². The highest BCUT2D eigenvalue weighted by atomic mass is 16.3. The first-order valence-electron chi connectivity index (χ1n) is 4.73. The van der Waals surface area contributed by atoms with Gasteiger partial charge in [-0.15, -0.1) is 0 Å². The Balaban J connectivity index is 2.72. The number of carbonyl (C=O) groups is 1. The largest absolute Gasteiger partial charge is 0.392 e. The Labute approximate surface area is 88.8 Å². The SMILES string of the molecule is Cc1cnc(C(=O)N(C)CC(C)O)cn1. The van der Waals surface area contributed by atoms with Crippen LogP contribution in [0.4, 0.5) is 0 Å². The van der Waals surface area contributed by atoms with Crippen LogP contribution in [0.15, 0.2) is 12.4 Å².